The number of halogens is 1. The number of nitrogens with zero attached hydrogens (tertiary/aromatic N) is 1. The average Bonchev–Trinajstić information content (AvgIpc) is 2.55. The van der Waals surface area contributed by atoms with E-state index in [9.17, 15) is 8.42 Å². The van der Waals surface area contributed by atoms with Gasteiger partial charge in [0.15, 0.2) is 0 Å². The topological polar surface area (TPSA) is 80.3 Å². The van der Waals surface area contributed by atoms with Gasteiger partial charge in [-0.15, -0.1) is 0 Å². The van der Waals surface area contributed by atoms with Crippen LogP contribution in [0.15, 0.2) is 36.5 Å². The molecular weight excluding hydrogens is 350 g/mol. The first-order valence-electron chi connectivity index (χ1n) is 7.50. The molecular formula is C16H20ClN3O3S. The number of pyridine rings is 1. The number of ether oxygens (including phenoxy) is 1. The molecule has 0 aliphatic carbocycles. The Kier molecular flexibility index (Phi) is 6.28. The van der Waals surface area contributed by atoms with Crippen LogP contribution in [0.1, 0.15) is 19.8 Å². The fraction of sp³-hybridized carbons (Fsp3) is 0.312. The SMILES string of the molecule is CCCCS(=O)(=O)Nc1ccc(Nc2ccc(OC)c(Cl)c2)nc1. The third-order valence-electron chi connectivity index (χ3n) is 3.23. The first-order valence-corrected chi connectivity index (χ1v) is 9.53. The zero-order valence-electron chi connectivity index (χ0n) is 13.5. The molecule has 0 bridgehead atoms. The summed E-state index contributed by atoms with van der Waals surface area (Å²) < 4.78 is 31.3. The lowest BCUT2D eigenvalue weighted by atomic mass is 10.3. The van der Waals surface area contributed by atoms with E-state index in [-0.39, 0.29) is 5.75 Å². The predicted molar refractivity (Wildman–Crippen MR) is 97.8 cm³/mol. The van der Waals surface area contributed by atoms with Gasteiger partial charge in [-0.25, -0.2) is 13.4 Å². The lowest BCUT2D eigenvalue weighted by Gasteiger charge is -2.10. The number of methoxy groups -OCH3 is 1. The van der Waals surface area contributed by atoms with Crippen molar-refractivity contribution in [3.63, 3.8) is 0 Å². The van der Waals surface area contributed by atoms with Crippen LogP contribution in [0.25, 0.3) is 0 Å². The molecule has 1 heterocycles. The Bertz CT molecular complexity index is 780. The summed E-state index contributed by atoms with van der Waals surface area (Å²) in [4.78, 5) is 4.20. The molecule has 6 nitrogen and oxygen atoms in total. The molecule has 0 saturated heterocycles. The number of anilines is 3. The maximum Gasteiger partial charge on any atom is 0.232 e. The van der Waals surface area contributed by atoms with Crippen LogP contribution in [-0.2, 0) is 10.0 Å². The molecule has 0 spiro atoms. The monoisotopic (exact) mass is 369 g/mol. The average molecular weight is 370 g/mol. The summed E-state index contributed by atoms with van der Waals surface area (Å²) in [5.41, 5.74) is 1.19. The lowest BCUT2D eigenvalue weighted by Crippen LogP contribution is -2.16. The second kappa shape index (κ2) is 8.21. The minimum absolute atomic E-state index is 0.105. The predicted octanol–water partition coefficient (Wildman–Crippen LogP) is 4.03. The molecule has 24 heavy (non-hydrogen) atoms. The zero-order valence-corrected chi connectivity index (χ0v) is 15.1. The van der Waals surface area contributed by atoms with Crippen LogP contribution in [0.2, 0.25) is 5.02 Å². The fourth-order valence-corrected chi connectivity index (χ4v) is 3.49. The van der Waals surface area contributed by atoms with Crippen molar-refractivity contribution in [2.45, 2.75) is 19.8 Å². The van der Waals surface area contributed by atoms with Crippen molar-refractivity contribution in [3.8, 4) is 5.75 Å². The molecule has 0 unspecified atom stereocenters. The van der Waals surface area contributed by atoms with E-state index in [1.54, 1.807) is 31.4 Å². The molecule has 2 aromatic rings. The van der Waals surface area contributed by atoms with Gasteiger partial charge in [0.1, 0.15) is 11.6 Å². The van der Waals surface area contributed by atoms with Gasteiger partial charge in [0.25, 0.3) is 0 Å². The molecule has 1 aromatic carbocycles. The van der Waals surface area contributed by atoms with E-state index in [1.165, 1.54) is 6.20 Å². The Morgan fingerprint density at radius 2 is 1.96 bits per heavy atom. The summed E-state index contributed by atoms with van der Waals surface area (Å²) in [5.74, 6) is 1.27. The van der Waals surface area contributed by atoms with Gasteiger partial charge in [-0.2, -0.15) is 0 Å². The van der Waals surface area contributed by atoms with Crippen molar-refractivity contribution in [2.75, 3.05) is 22.9 Å². The molecule has 0 fully saturated rings. The smallest absolute Gasteiger partial charge is 0.232 e. The van der Waals surface area contributed by atoms with Gasteiger partial charge in [0, 0.05) is 5.69 Å². The molecule has 2 rings (SSSR count). The molecule has 0 aliphatic rings. The molecule has 0 atom stereocenters. The number of nitrogens with one attached hydrogen (secondary N) is 2. The van der Waals surface area contributed by atoms with Crippen LogP contribution in [0.5, 0.6) is 5.75 Å². The van der Waals surface area contributed by atoms with Crippen molar-refractivity contribution in [2.24, 2.45) is 0 Å². The van der Waals surface area contributed by atoms with E-state index in [1.807, 2.05) is 13.0 Å². The van der Waals surface area contributed by atoms with Crippen molar-refractivity contribution in [1.29, 1.82) is 0 Å². The second-order valence-corrected chi connectivity index (χ2v) is 7.43. The maximum absolute atomic E-state index is 11.9. The van der Waals surface area contributed by atoms with Crippen LogP contribution in [0.4, 0.5) is 17.2 Å². The van der Waals surface area contributed by atoms with E-state index in [2.05, 4.69) is 15.0 Å². The van der Waals surface area contributed by atoms with E-state index >= 15 is 0 Å². The van der Waals surface area contributed by atoms with Crippen LogP contribution in [-0.4, -0.2) is 26.3 Å². The van der Waals surface area contributed by atoms with E-state index in [0.717, 1.165) is 12.1 Å². The third-order valence-corrected chi connectivity index (χ3v) is 4.90. The summed E-state index contributed by atoms with van der Waals surface area (Å²) in [6.07, 6.45) is 2.92. The number of benzene rings is 1. The highest BCUT2D eigenvalue weighted by Crippen LogP contribution is 2.28. The van der Waals surface area contributed by atoms with Crippen LogP contribution >= 0.6 is 11.6 Å². The first kappa shape index (κ1) is 18.4. The Morgan fingerprint density at radius 3 is 2.54 bits per heavy atom. The van der Waals surface area contributed by atoms with E-state index < -0.39 is 10.0 Å². The van der Waals surface area contributed by atoms with Gasteiger partial charge in [-0.05, 0) is 36.8 Å². The quantitative estimate of drug-likeness (QED) is 0.734. The van der Waals surface area contributed by atoms with E-state index in [0.29, 0.717) is 28.7 Å². The number of rotatable bonds is 8. The number of unbranched alkanes of at least 4 members (excludes halogenated alkanes) is 1. The van der Waals surface area contributed by atoms with Gasteiger partial charge in [0.05, 0.1) is 29.8 Å². The second-order valence-electron chi connectivity index (χ2n) is 5.18. The third kappa shape index (κ3) is 5.28. The minimum atomic E-state index is -3.32. The number of hydrogen-bond acceptors (Lipinski definition) is 5. The summed E-state index contributed by atoms with van der Waals surface area (Å²) in [7, 11) is -1.77. The molecule has 0 aliphatic heterocycles. The van der Waals surface area contributed by atoms with Gasteiger partial charge < -0.3 is 10.1 Å². The number of sulfonamides is 1. The maximum atomic E-state index is 11.9. The standard InChI is InChI=1S/C16H20ClN3O3S/c1-3-4-9-24(21,22)20-13-6-8-16(18-11-13)19-12-5-7-15(23-2)14(17)10-12/h5-8,10-11,20H,3-4,9H2,1-2H3,(H,18,19). The van der Waals surface area contributed by atoms with E-state index in [4.69, 9.17) is 16.3 Å². The Hall–Kier alpha value is -1.99. The Labute approximate surface area is 147 Å². The minimum Gasteiger partial charge on any atom is -0.495 e. The highest BCUT2D eigenvalue weighted by Gasteiger charge is 2.10. The highest BCUT2D eigenvalue weighted by molar-refractivity contribution is 7.92. The van der Waals surface area contributed by atoms with Crippen molar-refractivity contribution in [3.05, 3.63) is 41.6 Å². The van der Waals surface area contributed by atoms with Crippen LogP contribution in [0, 0.1) is 0 Å². The van der Waals surface area contributed by atoms with Crippen molar-refractivity contribution < 1.29 is 13.2 Å². The molecule has 1 aromatic heterocycles. The van der Waals surface area contributed by atoms with Crippen molar-refractivity contribution in [1.82, 2.24) is 4.98 Å². The van der Waals surface area contributed by atoms with Gasteiger partial charge >= 0.3 is 0 Å². The molecule has 2 N–H and O–H groups in total. The summed E-state index contributed by atoms with van der Waals surface area (Å²) >= 11 is 6.07. The number of aromatic nitrogens is 1. The first-order chi connectivity index (χ1) is 11.4. The van der Waals surface area contributed by atoms with Crippen LogP contribution in [0.3, 0.4) is 0 Å². The van der Waals surface area contributed by atoms with Crippen LogP contribution < -0.4 is 14.8 Å². The Morgan fingerprint density at radius 1 is 1.21 bits per heavy atom. The lowest BCUT2D eigenvalue weighted by molar-refractivity contribution is 0.415. The van der Waals surface area contributed by atoms with Crippen molar-refractivity contribution >= 4 is 38.8 Å². The molecule has 130 valence electrons. The van der Waals surface area contributed by atoms with Gasteiger partial charge in [-0.1, -0.05) is 24.9 Å². The molecule has 0 saturated carbocycles. The summed E-state index contributed by atoms with van der Waals surface area (Å²) in [6, 6.07) is 8.64. The fourth-order valence-electron chi connectivity index (χ4n) is 1.99. The molecule has 0 radical (unpaired) electrons. The largest absolute Gasteiger partial charge is 0.495 e. The summed E-state index contributed by atoms with van der Waals surface area (Å²) in [6.45, 7) is 1.95. The molecule has 0 amide bonds. The Balaban J connectivity index is 2.03. The normalized spacial score (nSPS) is 11.1. The number of hydrogen-bond donors (Lipinski definition) is 2. The summed E-state index contributed by atoms with van der Waals surface area (Å²) in [5, 5.41) is 3.58. The van der Waals surface area contributed by atoms with Gasteiger partial charge in [-0.3, -0.25) is 4.72 Å². The molecule has 8 heteroatoms. The zero-order chi connectivity index (χ0) is 17.6. The highest BCUT2D eigenvalue weighted by atomic mass is 35.5. The van der Waals surface area contributed by atoms with Gasteiger partial charge in [0.2, 0.25) is 10.0 Å².